The van der Waals surface area contributed by atoms with Crippen molar-refractivity contribution in [1.29, 1.82) is 0 Å². The van der Waals surface area contributed by atoms with Crippen molar-refractivity contribution in [2.45, 2.75) is 23.0 Å². The number of rotatable bonds is 5. The lowest BCUT2D eigenvalue weighted by Crippen LogP contribution is -2.23. The van der Waals surface area contributed by atoms with E-state index < -0.39 is 34.9 Å². The third kappa shape index (κ3) is 4.70. The summed E-state index contributed by atoms with van der Waals surface area (Å²) in [4.78, 5) is 12.2. The van der Waals surface area contributed by atoms with Crippen molar-refractivity contribution in [3.8, 4) is 11.4 Å². The lowest BCUT2D eigenvalue weighted by molar-refractivity contribution is -0.138. The Hall–Kier alpha value is -2.96. The molecule has 0 bridgehead atoms. The van der Waals surface area contributed by atoms with Gasteiger partial charge in [-0.2, -0.15) is 35.7 Å². The average molecular weight is 464 g/mol. The predicted octanol–water partition coefficient (Wildman–Crippen LogP) is 4.30. The second kappa shape index (κ2) is 8.29. The molecule has 0 N–H and O–H groups in total. The highest BCUT2D eigenvalue weighted by atomic mass is 32.2. The van der Waals surface area contributed by atoms with Gasteiger partial charge in [-0.25, -0.2) is 4.79 Å². The Morgan fingerprint density at radius 3 is 2.29 bits per heavy atom. The topological polar surface area (TPSA) is 61.9 Å². The number of hydrogen-bond donors (Lipinski definition) is 0. The number of nitrogens with zero attached hydrogens (tertiary/aromatic N) is 4. The van der Waals surface area contributed by atoms with Gasteiger partial charge >= 0.3 is 18.0 Å². The van der Waals surface area contributed by atoms with E-state index in [4.69, 9.17) is 4.74 Å². The quantitative estimate of drug-likeness (QED) is 0.416. The van der Waals surface area contributed by atoms with Crippen molar-refractivity contribution < 1.29 is 31.1 Å². The normalized spacial score (nSPS) is 12.3. The molecular weight excluding hydrogens is 450 g/mol. The molecule has 1 aromatic heterocycles. The van der Waals surface area contributed by atoms with Crippen LogP contribution in [-0.4, -0.2) is 26.9 Å². The van der Waals surface area contributed by atoms with Gasteiger partial charge in [-0.05, 0) is 40.8 Å². The van der Waals surface area contributed by atoms with Gasteiger partial charge in [-0.15, -0.1) is 11.8 Å². The van der Waals surface area contributed by atoms with E-state index in [9.17, 15) is 31.1 Å². The lowest BCUT2D eigenvalue weighted by atomic mass is 10.1. The van der Waals surface area contributed by atoms with Gasteiger partial charge in [0, 0.05) is 18.4 Å². The van der Waals surface area contributed by atoms with E-state index in [1.807, 2.05) is 0 Å². The lowest BCUT2D eigenvalue weighted by Gasteiger charge is -2.17. The number of tetrazole rings is 1. The Morgan fingerprint density at radius 1 is 1.03 bits per heavy atom. The Labute approximate surface area is 175 Å². The van der Waals surface area contributed by atoms with Crippen LogP contribution in [0.4, 0.5) is 26.3 Å². The zero-order valence-electron chi connectivity index (χ0n) is 16.0. The monoisotopic (exact) mass is 464 g/mol. The Balaban J connectivity index is 2.09. The van der Waals surface area contributed by atoms with Gasteiger partial charge in [0.2, 0.25) is 0 Å². The third-order valence-corrected chi connectivity index (χ3v) is 5.33. The van der Waals surface area contributed by atoms with Gasteiger partial charge in [0.15, 0.2) is 0 Å². The number of ether oxygens (including phenoxy) is 1. The molecule has 0 atom stereocenters. The fourth-order valence-electron chi connectivity index (χ4n) is 2.77. The van der Waals surface area contributed by atoms with Crippen LogP contribution in [-0.2, 0) is 25.2 Å². The molecule has 6 nitrogen and oxygen atoms in total. The van der Waals surface area contributed by atoms with Crippen LogP contribution in [0.5, 0.6) is 5.75 Å². The van der Waals surface area contributed by atoms with Crippen LogP contribution >= 0.6 is 11.8 Å². The second-order valence-electron chi connectivity index (χ2n) is 6.25. The summed E-state index contributed by atoms with van der Waals surface area (Å²) in [6.45, 7) is 0. The third-order valence-electron chi connectivity index (χ3n) is 4.27. The number of aryl methyl sites for hydroxylation is 1. The highest BCUT2D eigenvalue weighted by Crippen LogP contribution is 2.41. The predicted molar refractivity (Wildman–Crippen MR) is 99.2 cm³/mol. The van der Waals surface area contributed by atoms with E-state index in [0.717, 1.165) is 35.0 Å². The molecule has 0 amide bonds. The summed E-state index contributed by atoms with van der Waals surface area (Å²) in [5, 5.41) is 7.07. The zero-order valence-corrected chi connectivity index (χ0v) is 16.8. The van der Waals surface area contributed by atoms with Gasteiger partial charge in [0.05, 0.1) is 28.8 Å². The van der Waals surface area contributed by atoms with Gasteiger partial charge in [0.25, 0.3) is 0 Å². The van der Waals surface area contributed by atoms with Crippen LogP contribution in [0.2, 0.25) is 0 Å². The van der Waals surface area contributed by atoms with Crippen LogP contribution < -0.4 is 10.4 Å². The molecule has 0 saturated carbocycles. The molecule has 166 valence electrons. The molecule has 0 aliphatic carbocycles. The summed E-state index contributed by atoms with van der Waals surface area (Å²) < 4.78 is 86.7. The highest BCUT2D eigenvalue weighted by molar-refractivity contribution is 7.98. The standard InChI is InChI=1S/C18H14F6N4O2S/c1-27-16(29)28(26-25-27)13-5-3-4-12(18(22,23)24)11(13)9-31-15-8-10(17(19,20)21)6-7-14(15)30-2/h3-8H,9H2,1-2H3. The van der Waals surface area contributed by atoms with E-state index in [0.29, 0.717) is 16.4 Å². The Morgan fingerprint density at radius 2 is 1.74 bits per heavy atom. The van der Waals surface area contributed by atoms with Gasteiger partial charge in [-0.1, -0.05) is 6.07 Å². The first-order chi connectivity index (χ1) is 14.4. The molecule has 0 unspecified atom stereocenters. The van der Waals surface area contributed by atoms with E-state index >= 15 is 0 Å². The molecule has 3 rings (SSSR count). The zero-order chi connectivity index (χ0) is 23.0. The largest absolute Gasteiger partial charge is 0.496 e. The van der Waals surface area contributed by atoms with Gasteiger partial charge < -0.3 is 4.74 Å². The van der Waals surface area contributed by atoms with Crippen LogP contribution in [0, 0.1) is 0 Å². The molecule has 31 heavy (non-hydrogen) atoms. The fourth-order valence-corrected chi connectivity index (χ4v) is 3.88. The number of alkyl halides is 6. The smallest absolute Gasteiger partial charge is 0.416 e. The second-order valence-corrected chi connectivity index (χ2v) is 7.27. The van der Waals surface area contributed by atoms with E-state index in [1.54, 1.807) is 0 Å². The summed E-state index contributed by atoms with van der Waals surface area (Å²) in [7, 11) is 2.52. The maximum absolute atomic E-state index is 13.6. The van der Waals surface area contributed by atoms with Crippen molar-refractivity contribution in [2.75, 3.05) is 7.11 Å². The maximum atomic E-state index is 13.6. The van der Waals surface area contributed by atoms with Gasteiger partial charge in [-0.3, -0.25) is 0 Å². The molecule has 2 aromatic carbocycles. The number of halogens is 6. The van der Waals surface area contributed by atoms with Crippen LogP contribution in [0.25, 0.3) is 5.69 Å². The minimum absolute atomic E-state index is 0.00764. The van der Waals surface area contributed by atoms with E-state index in [-0.39, 0.29) is 21.9 Å². The SMILES string of the molecule is COc1ccc(C(F)(F)F)cc1SCc1c(-n2nnn(C)c2=O)cccc1C(F)(F)F. The summed E-state index contributed by atoms with van der Waals surface area (Å²) in [6.07, 6.45) is -9.40. The molecule has 3 aromatic rings. The molecule has 0 spiro atoms. The maximum Gasteiger partial charge on any atom is 0.416 e. The minimum Gasteiger partial charge on any atom is -0.496 e. The van der Waals surface area contributed by atoms with E-state index in [1.165, 1.54) is 20.2 Å². The number of benzene rings is 2. The fraction of sp³-hybridized carbons (Fsp3) is 0.278. The molecule has 0 radical (unpaired) electrons. The van der Waals surface area contributed by atoms with Gasteiger partial charge in [0.1, 0.15) is 5.75 Å². The number of methoxy groups -OCH3 is 1. The molecule has 0 aliphatic heterocycles. The average Bonchev–Trinajstić information content (AvgIpc) is 3.03. The van der Waals surface area contributed by atoms with Crippen molar-refractivity contribution in [3.05, 3.63) is 63.6 Å². The molecule has 1 heterocycles. The molecule has 0 aliphatic rings. The first-order valence-electron chi connectivity index (χ1n) is 8.50. The van der Waals surface area contributed by atoms with Crippen LogP contribution in [0.15, 0.2) is 46.1 Å². The highest BCUT2D eigenvalue weighted by Gasteiger charge is 2.35. The van der Waals surface area contributed by atoms with Crippen LogP contribution in [0.1, 0.15) is 16.7 Å². The first kappa shape index (κ1) is 22.7. The molecule has 0 fully saturated rings. The van der Waals surface area contributed by atoms with Crippen LogP contribution in [0.3, 0.4) is 0 Å². The first-order valence-corrected chi connectivity index (χ1v) is 9.48. The number of aromatic nitrogens is 4. The molecular formula is C18H14F6N4O2S. The van der Waals surface area contributed by atoms with Crippen molar-refractivity contribution in [2.24, 2.45) is 7.05 Å². The van der Waals surface area contributed by atoms with Crippen molar-refractivity contribution >= 4 is 11.8 Å². The molecule has 13 heteroatoms. The Kier molecular flexibility index (Phi) is 6.07. The summed E-state index contributed by atoms with van der Waals surface area (Å²) in [6, 6.07) is 5.90. The minimum atomic E-state index is -4.77. The van der Waals surface area contributed by atoms with Crippen molar-refractivity contribution in [1.82, 2.24) is 19.8 Å². The van der Waals surface area contributed by atoms with E-state index in [2.05, 4.69) is 10.4 Å². The number of thioether (sulfide) groups is 1. The Bertz CT molecular complexity index is 1150. The summed E-state index contributed by atoms with van der Waals surface area (Å²) >= 11 is 0.711. The van der Waals surface area contributed by atoms with Crippen molar-refractivity contribution in [3.63, 3.8) is 0 Å². The summed E-state index contributed by atoms with van der Waals surface area (Å²) in [5.41, 5.74) is -3.29. The number of hydrogen-bond acceptors (Lipinski definition) is 5. The summed E-state index contributed by atoms with van der Waals surface area (Å²) in [5.74, 6) is -0.341. The molecule has 0 saturated heterocycles.